The summed E-state index contributed by atoms with van der Waals surface area (Å²) >= 11 is 0. The van der Waals surface area contributed by atoms with Gasteiger partial charge >= 0.3 is 12.1 Å². The minimum absolute atomic E-state index is 0.00535. The Morgan fingerprint density at radius 3 is 2.25 bits per heavy atom. The van der Waals surface area contributed by atoms with E-state index >= 15 is 0 Å². The van der Waals surface area contributed by atoms with Crippen LogP contribution in [0.2, 0.25) is 0 Å². The summed E-state index contributed by atoms with van der Waals surface area (Å²) in [5.41, 5.74) is -0.301. The van der Waals surface area contributed by atoms with Gasteiger partial charge < -0.3 is 9.84 Å². The molecule has 1 rings (SSSR count). The van der Waals surface area contributed by atoms with Gasteiger partial charge in [0.2, 0.25) is 11.7 Å². The highest BCUT2D eigenvalue weighted by Gasteiger charge is 2.17. The molecule has 1 aromatic rings. The molecule has 8 nitrogen and oxygen atoms in total. The molecule has 0 unspecified atom stereocenters. The Bertz CT molecular complexity index is 519. The van der Waals surface area contributed by atoms with Gasteiger partial charge in [-0.15, -0.1) is 0 Å². The second-order valence-electron chi connectivity index (χ2n) is 4.95. The van der Waals surface area contributed by atoms with E-state index in [2.05, 4.69) is 15.3 Å². The van der Waals surface area contributed by atoms with Crippen molar-refractivity contribution in [3.05, 3.63) is 18.0 Å². The lowest BCUT2D eigenvalue weighted by Crippen LogP contribution is -2.27. The Kier molecular flexibility index (Phi) is 4.73. The summed E-state index contributed by atoms with van der Waals surface area (Å²) in [7, 11) is 0. The van der Waals surface area contributed by atoms with Crippen molar-refractivity contribution in [2.24, 2.45) is 0 Å². The summed E-state index contributed by atoms with van der Waals surface area (Å²) in [5, 5.41) is 10.8. The molecule has 8 heteroatoms. The molecule has 0 aliphatic rings. The minimum Gasteiger partial charge on any atom is -0.475 e. The normalized spacial score (nSPS) is 10.8. The van der Waals surface area contributed by atoms with Gasteiger partial charge in [0.05, 0.1) is 0 Å². The van der Waals surface area contributed by atoms with E-state index in [0.717, 1.165) is 0 Å². The van der Waals surface area contributed by atoms with E-state index in [-0.39, 0.29) is 12.4 Å². The first kappa shape index (κ1) is 15.5. The number of carbonyl (C=O) groups excluding carboxylic acids is 2. The van der Waals surface area contributed by atoms with Crippen molar-refractivity contribution in [3.63, 3.8) is 0 Å². The van der Waals surface area contributed by atoms with Crippen molar-refractivity contribution in [1.82, 2.24) is 9.97 Å². The maximum atomic E-state index is 11.4. The van der Waals surface area contributed by atoms with Crippen molar-refractivity contribution in [3.8, 4) is 0 Å². The first-order chi connectivity index (χ1) is 9.17. The monoisotopic (exact) mass is 281 g/mol. The van der Waals surface area contributed by atoms with Crippen molar-refractivity contribution in [2.45, 2.75) is 32.8 Å². The van der Waals surface area contributed by atoms with E-state index in [4.69, 9.17) is 9.84 Å². The number of hydrogen-bond acceptors (Lipinski definition) is 6. The van der Waals surface area contributed by atoms with Gasteiger partial charge in [-0.3, -0.25) is 10.1 Å². The molecule has 1 aromatic heterocycles. The zero-order valence-electron chi connectivity index (χ0n) is 11.3. The van der Waals surface area contributed by atoms with Gasteiger partial charge in [0.1, 0.15) is 5.60 Å². The molecule has 20 heavy (non-hydrogen) atoms. The number of aromatic nitrogens is 2. The van der Waals surface area contributed by atoms with Crippen LogP contribution < -0.4 is 5.32 Å². The molecule has 2 N–H and O–H groups in total. The predicted octanol–water partition coefficient (Wildman–Crippen LogP) is 1.02. The second kappa shape index (κ2) is 6.09. The Morgan fingerprint density at radius 2 is 1.80 bits per heavy atom. The van der Waals surface area contributed by atoms with E-state index in [0.29, 0.717) is 5.56 Å². The molecule has 0 saturated heterocycles. The van der Waals surface area contributed by atoms with Crippen LogP contribution in [-0.4, -0.2) is 38.5 Å². The number of anilines is 1. The standard InChI is InChI=1S/C12H15N3O5/c1-12(2,3)20-11(19)15-10-13-5-7(6-14-10)4-8(16)9(17)18/h5-6H,4H2,1-3H3,(H,17,18)(H,13,14,15,19). The average Bonchev–Trinajstić information content (AvgIpc) is 2.28. The zero-order valence-corrected chi connectivity index (χ0v) is 11.3. The molecule has 0 aliphatic carbocycles. The van der Waals surface area contributed by atoms with E-state index in [1.165, 1.54) is 12.4 Å². The van der Waals surface area contributed by atoms with Gasteiger partial charge in [-0.05, 0) is 26.3 Å². The van der Waals surface area contributed by atoms with Crippen molar-refractivity contribution in [1.29, 1.82) is 0 Å². The number of ether oxygens (including phenoxy) is 1. The quantitative estimate of drug-likeness (QED) is 0.791. The van der Waals surface area contributed by atoms with Crippen molar-refractivity contribution < 1.29 is 24.2 Å². The van der Waals surface area contributed by atoms with Crippen LogP contribution in [0.5, 0.6) is 0 Å². The van der Waals surface area contributed by atoms with E-state index in [9.17, 15) is 14.4 Å². The maximum Gasteiger partial charge on any atom is 0.414 e. The van der Waals surface area contributed by atoms with Crippen LogP contribution in [0.4, 0.5) is 10.7 Å². The van der Waals surface area contributed by atoms with Gasteiger partial charge in [0, 0.05) is 18.8 Å². The zero-order chi connectivity index (χ0) is 15.3. The molecule has 0 radical (unpaired) electrons. The topological polar surface area (TPSA) is 118 Å². The first-order valence-electron chi connectivity index (χ1n) is 5.74. The first-order valence-corrected chi connectivity index (χ1v) is 5.74. The Labute approximate surface area is 115 Å². The molecule has 0 spiro atoms. The highest BCUT2D eigenvalue weighted by Crippen LogP contribution is 2.09. The average molecular weight is 281 g/mol. The smallest absolute Gasteiger partial charge is 0.414 e. The second-order valence-corrected chi connectivity index (χ2v) is 4.95. The van der Waals surface area contributed by atoms with Gasteiger partial charge in [-0.2, -0.15) is 0 Å². The molecular formula is C12H15N3O5. The number of carboxylic acid groups (broad SMARTS) is 1. The number of nitrogens with zero attached hydrogens (tertiary/aromatic N) is 2. The lowest BCUT2D eigenvalue weighted by Gasteiger charge is -2.19. The summed E-state index contributed by atoms with van der Waals surface area (Å²) in [6, 6.07) is 0. The number of Topliss-reactive ketones (excluding diaryl/α,β-unsaturated/α-hetero) is 1. The highest BCUT2D eigenvalue weighted by atomic mass is 16.6. The van der Waals surface area contributed by atoms with Crippen LogP contribution in [0.3, 0.4) is 0 Å². The highest BCUT2D eigenvalue weighted by molar-refractivity contribution is 6.33. The Balaban J connectivity index is 2.61. The van der Waals surface area contributed by atoms with Gasteiger partial charge in [-0.25, -0.2) is 19.6 Å². The fraction of sp³-hybridized carbons (Fsp3) is 0.417. The van der Waals surface area contributed by atoms with E-state index in [1.54, 1.807) is 20.8 Å². The van der Waals surface area contributed by atoms with Crippen molar-refractivity contribution >= 4 is 23.8 Å². The number of amides is 1. The van der Waals surface area contributed by atoms with E-state index < -0.39 is 23.4 Å². The third-order valence-corrected chi connectivity index (χ3v) is 1.92. The van der Waals surface area contributed by atoms with E-state index in [1.807, 2.05) is 0 Å². The summed E-state index contributed by atoms with van der Waals surface area (Å²) < 4.78 is 5.01. The number of rotatable bonds is 4. The molecule has 0 aromatic carbocycles. The number of carboxylic acids is 1. The number of hydrogen-bond donors (Lipinski definition) is 2. The van der Waals surface area contributed by atoms with Crippen LogP contribution in [0.25, 0.3) is 0 Å². The molecule has 0 bridgehead atoms. The number of aliphatic carboxylic acids is 1. The third-order valence-electron chi connectivity index (χ3n) is 1.92. The number of carbonyl (C=O) groups is 3. The largest absolute Gasteiger partial charge is 0.475 e. The molecule has 0 aliphatic heterocycles. The Hall–Kier alpha value is -2.51. The summed E-state index contributed by atoms with van der Waals surface area (Å²) in [4.78, 5) is 40.4. The fourth-order valence-electron chi connectivity index (χ4n) is 1.17. The lowest BCUT2D eigenvalue weighted by atomic mass is 10.2. The lowest BCUT2D eigenvalue weighted by molar-refractivity contribution is -0.148. The molecule has 1 heterocycles. The fourth-order valence-corrected chi connectivity index (χ4v) is 1.17. The molecule has 1 amide bonds. The molecular weight excluding hydrogens is 266 g/mol. The number of ketones is 1. The van der Waals surface area contributed by atoms with Crippen LogP contribution in [0, 0.1) is 0 Å². The predicted molar refractivity (Wildman–Crippen MR) is 68.2 cm³/mol. The van der Waals surface area contributed by atoms with Crippen molar-refractivity contribution in [2.75, 3.05) is 5.32 Å². The summed E-state index contributed by atoms with van der Waals surface area (Å²) in [6.45, 7) is 5.15. The summed E-state index contributed by atoms with van der Waals surface area (Å²) in [6.07, 6.45) is 1.52. The van der Waals surface area contributed by atoms with Crippen LogP contribution in [0.15, 0.2) is 12.4 Å². The third kappa shape index (κ3) is 5.42. The van der Waals surface area contributed by atoms with Gasteiger partial charge in [0.25, 0.3) is 0 Å². The Morgan fingerprint density at radius 1 is 1.25 bits per heavy atom. The SMILES string of the molecule is CC(C)(C)OC(=O)Nc1ncc(CC(=O)C(=O)O)cn1. The minimum atomic E-state index is -1.51. The van der Waals surface area contributed by atoms with Crippen LogP contribution in [0.1, 0.15) is 26.3 Å². The molecule has 108 valence electrons. The van der Waals surface area contributed by atoms with Crippen LogP contribution >= 0.6 is 0 Å². The molecule has 0 fully saturated rings. The summed E-state index contributed by atoms with van der Waals surface area (Å²) in [5.74, 6) is -2.46. The molecule has 0 atom stereocenters. The number of nitrogens with one attached hydrogen (secondary N) is 1. The van der Waals surface area contributed by atoms with Gasteiger partial charge in [-0.1, -0.05) is 0 Å². The maximum absolute atomic E-state index is 11.4. The molecule has 0 saturated carbocycles. The van der Waals surface area contributed by atoms with Gasteiger partial charge in [0.15, 0.2) is 0 Å². The van der Waals surface area contributed by atoms with Crippen LogP contribution in [-0.2, 0) is 20.7 Å².